The van der Waals surface area contributed by atoms with Gasteiger partial charge in [-0.15, -0.1) is 11.3 Å². The van der Waals surface area contributed by atoms with Gasteiger partial charge in [0, 0.05) is 0 Å². The highest BCUT2D eigenvalue weighted by Crippen LogP contribution is 2.39. The molecular weight excluding hydrogens is 384 g/mol. The molecule has 0 atom stereocenters. The van der Waals surface area contributed by atoms with E-state index in [-0.39, 0.29) is 0 Å². The second-order valence-electron chi connectivity index (χ2n) is 5.23. The van der Waals surface area contributed by atoms with Gasteiger partial charge in [0.25, 0.3) is 0 Å². The Bertz CT molecular complexity index is 325. The van der Waals surface area contributed by atoms with Crippen LogP contribution in [0.2, 0.25) is 0 Å². The summed E-state index contributed by atoms with van der Waals surface area (Å²) in [5.74, 6) is 0. The van der Waals surface area contributed by atoms with Crippen molar-refractivity contribution in [2.75, 3.05) is 0 Å². The lowest BCUT2D eigenvalue weighted by atomic mass is 10.0. The van der Waals surface area contributed by atoms with Crippen LogP contribution in [0.25, 0.3) is 0 Å². The summed E-state index contributed by atoms with van der Waals surface area (Å²) in [6.07, 6.45) is 13.3. The van der Waals surface area contributed by atoms with Crippen molar-refractivity contribution in [3.05, 3.63) is 18.7 Å². The third-order valence-corrected chi connectivity index (χ3v) is 6.36. The van der Waals surface area contributed by atoms with Crippen LogP contribution in [0.1, 0.15) is 76.3 Å². The minimum absolute atomic E-state index is 1.24. The lowest BCUT2D eigenvalue weighted by Gasteiger charge is -2.06. The van der Waals surface area contributed by atoms with Crippen molar-refractivity contribution in [2.45, 2.75) is 78.1 Å². The van der Waals surface area contributed by atoms with Gasteiger partial charge >= 0.3 is 0 Å². The summed E-state index contributed by atoms with van der Waals surface area (Å²) in [7, 11) is 0. The van der Waals surface area contributed by atoms with Crippen LogP contribution < -0.4 is 0 Å². The molecule has 0 radical (unpaired) electrons. The largest absolute Gasteiger partial charge is 0.121 e. The molecular formula is C16H26Br2S. The molecule has 1 aromatic heterocycles. The maximum Gasteiger partial charge on any atom is 0.0745 e. The van der Waals surface area contributed by atoms with E-state index < -0.39 is 0 Å². The first-order valence-corrected chi connectivity index (χ1v) is 10.1. The highest BCUT2D eigenvalue weighted by Gasteiger charge is 2.14. The van der Waals surface area contributed by atoms with Crippen LogP contribution in [-0.2, 0) is 12.8 Å². The Balaban J connectivity index is 2.52. The van der Waals surface area contributed by atoms with Crippen LogP contribution in [0.5, 0.6) is 0 Å². The van der Waals surface area contributed by atoms with E-state index in [1.165, 1.54) is 71.8 Å². The Labute approximate surface area is 139 Å². The summed E-state index contributed by atoms with van der Waals surface area (Å²) in [5.41, 5.74) is 3.15. The molecule has 0 aliphatic carbocycles. The van der Waals surface area contributed by atoms with E-state index in [0.29, 0.717) is 0 Å². The maximum absolute atomic E-state index is 3.75. The molecule has 0 aromatic carbocycles. The summed E-state index contributed by atoms with van der Waals surface area (Å²) in [6.45, 7) is 4.55. The summed E-state index contributed by atoms with van der Waals surface area (Å²) in [5, 5.41) is 0. The smallest absolute Gasteiger partial charge is 0.0745 e. The molecule has 0 fully saturated rings. The molecule has 0 spiro atoms. The number of halogens is 2. The second-order valence-corrected chi connectivity index (χ2v) is 8.88. The van der Waals surface area contributed by atoms with E-state index in [2.05, 4.69) is 45.7 Å². The lowest BCUT2D eigenvalue weighted by Crippen LogP contribution is -1.93. The van der Waals surface area contributed by atoms with Crippen molar-refractivity contribution in [2.24, 2.45) is 0 Å². The second kappa shape index (κ2) is 10.4. The molecule has 1 aromatic rings. The van der Waals surface area contributed by atoms with Crippen molar-refractivity contribution in [3.63, 3.8) is 0 Å². The van der Waals surface area contributed by atoms with E-state index in [9.17, 15) is 0 Å². The average molecular weight is 410 g/mol. The number of thiophene rings is 1. The summed E-state index contributed by atoms with van der Waals surface area (Å²) >= 11 is 9.35. The standard InChI is InChI=1S/C16H26Br2S/c1-3-5-7-9-11-13-14(12-10-8-6-4-2)16(18)19-15(13)17/h3-12H2,1-2H3. The molecule has 0 amide bonds. The maximum atomic E-state index is 3.75. The fourth-order valence-corrected chi connectivity index (χ4v) is 5.75. The number of rotatable bonds is 10. The van der Waals surface area contributed by atoms with Gasteiger partial charge in [0.05, 0.1) is 7.57 Å². The summed E-state index contributed by atoms with van der Waals surface area (Å²) < 4.78 is 2.70. The Kier molecular flexibility index (Phi) is 9.69. The molecule has 0 nitrogen and oxygen atoms in total. The summed E-state index contributed by atoms with van der Waals surface area (Å²) in [6, 6.07) is 0. The Morgan fingerprint density at radius 3 is 1.47 bits per heavy atom. The minimum Gasteiger partial charge on any atom is -0.121 e. The van der Waals surface area contributed by atoms with Gasteiger partial charge < -0.3 is 0 Å². The predicted octanol–water partition coefficient (Wildman–Crippen LogP) is 7.52. The molecule has 0 bridgehead atoms. The molecule has 0 unspecified atom stereocenters. The fourth-order valence-electron chi connectivity index (χ4n) is 2.39. The molecule has 1 heterocycles. The summed E-state index contributed by atoms with van der Waals surface area (Å²) in [4.78, 5) is 0. The Morgan fingerprint density at radius 2 is 1.11 bits per heavy atom. The van der Waals surface area contributed by atoms with Crippen LogP contribution in [0, 0.1) is 0 Å². The molecule has 110 valence electrons. The van der Waals surface area contributed by atoms with E-state index in [1.807, 2.05) is 11.3 Å². The third kappa shape index (κ3) is 6.31. The molecule has 0 saturated heterocycles. The van der Waals surface area contributed by atoms with Gasteiger partial charge in [-0.2, -0.15) is 0 Å². The van der Waals surface area contributed by atoms with E-state index >= 15 is 0 Å². The Morgan fingerprint density at radius 1 is 0.684 bits per heavy atom. The van der Waals surface area contributed by atoms with Gasteiger partial charge in [-0.3, -0.25) is 0 Å². The average Bonchev–Trinajstić information content (AvgIpc) is 2.65. The first-order chi connectivity index (χ1) is 9.20. The third-order valence-electron chi connectivity index (χ3n) is 3.58. The van der Waals surface area contributed by atoms with Gasteiger partial charge in [0.2, 0.25) is 0 Å². The monoisotopic (exact) mass is 408 g/mol. The highest BCUT2D eigenvalue weighted by molar-refractivity contribution is 9.12. The number of unbranched alkanes of at least 4 members (excludes halogenated alkanes) is 6. The molecule has 1 rings (SSSR count). The van der Waals surface area contributed by atoms with Crippen LogP contribution in [0.15, 0.2) is 7.57 Å². The van der Waals surface area contributed by atoms with Gasteiger partial charge in [-0.05, 0) is 68.7 Å². The van der Waals surface area contributed by atoms with Crippen molar-refractivity contribution < 1.29 is 0 Å². The molecule has 0 aliphatic rings. The van der Waals surface area contributed by atoms with E-state index in [0.717, 1.165) is 0 Å². The predicted molar refractivity (Wildman–Crippen MR) is 95.4 cm³/mol. The molecule has 19 heavy (non-hydrogen) atoms. The zero-order valence-corrected chi connectivity index (χ0v) is 16.2. The van der Waals surface area contributed by atoms with Crippen LogP contribution in [-0.4, -0.2) is 0 Å². The number of hydrogen-bond acceptors (Lipinski definition) is 1. The quantitative estimate of drug-likeness (QED) is 0.350. The van der Waals surface area contributed by atoms with Crippen LogP contribution >= 0.6 is 43.2 Å². The van der Waals surface area contributed by atoms with Gasteiger partial charge in [-0.1, -0.05) is 52.4 Å². The molecule has 0 aliphatic heterocycles. The minimum atomic E-state index is 1.24. The van der Waals surface area contributed by atoms with Gasteiger partial charge in [0.15, 0.2) is 0 Å². The number of hydrogen-bond donors (Lipinski definition) is 0. The zero-order valence-electron chi connectivity index (χ0n) is 12.2. The molecule has 3 heteroatoms. The van der Waals surface area contributed by atoms with E-state index in [1.54, 1.807) is 11.1 Å². The van der Waals surface area contributed by atoms with Crippen molar-refractivity contribution in [1.82, 2.24) is 0 Å². The Hall–Kier alpha value is 0.660. The van der Waals surface area contributed by atoms with Crippen molar-refractivity contribution >= 4 is 43.2 Å². The van der Waals surface area contributed by atoms with Gasteiger partial charge in [0.1, 0.15) is 0 Å². The van der Waals surface area contributed by atoms with Crippen LogP contribution in [0.4, 0.5) is 0 Å². The normalized spacial score (nSPS) is 11.2. The molecule has 0 N–H and O–H groups in total. The van der Waals surface area contributed by atoms with E-state index in [4.69, 9.17) is 0 Å². The topological polar surface area (TPSA) is 0 Å². The van der Waals surface area contributed by atoms with Gasteiger partial charge in [-0.25, -0.2) is 0 Å². The van der Waals surface area contributed by atoms with Crippen molar-refractivity contribution in [3.8, 4) is 0 Å². The van der Waals surface area contributed by atoms with Crippen molar-refractivity contribution in [1.29, 1.82) is 0 Å². The zero-order chi connectivity index (χ0) is 14.1. The first-order valence-electron chi connectivity index (χ1n) is 7.66. The lowest BCUT2D eigenvalue weighted by molar-refractivity contribution is 0.651. The fraction of sp³-hybridized carbons (Fsp3) is 0.750. The first kappa shape index (κ1) is 17.7. The molecule has 0 saturated carbocycles. The van der Waals surface area contributed by atoms with Crippen LogP contribution in [0.3, 0.4) is 0 Å². The highest BCUT2D eigenvalue weighted by atomic mass is 79.9. The SMILES string of the molecule is CCCCCCc1c(Br)sc(Br)c1CCCCCC.